The average Bonchev–Trinajstić information content (AvgIpc) is 2.46. The number of anilines is 2. The molecule has 6 heteroatoms. The van der Waals surface area contributed by atoms with Crippen LogP contribution in [0.15, 0.2) is 54.6 Å². The third kappa shape index (κ3) is 3.96. The van der Waals surface area contributed by atoms with Crippen LogP contribution in [-0.4, -0.2) is 11.0 Å². The van der Waals surface area contributed by atoms with E-state index in [1.807, 2.05) is 30.3 Å². The van der Waals surface area contributed by atoms with E-state index in [0.717, 1.165) is 5.69 Å². The highest BCUT2D eigenvalue weighted by molar-refractivity contribution is 7.80. The highest BCUT2D eigenvalue weighted by Gasteiger charge is 2.05. The first kappa shape index (κ1) is 13.8. The van der Waals surface area contributed by atoms with Crippen LogP contribution in [0.2, 0.25) is 0 Å². The summed E-state index contributed by atoms with van der Waals surface area (Å²) in [6.07, 6.45) is 0. The first-order valence-corrected chi connectivity index (χ1v) is 6.34. The number of amides is 1. The van der Waals surface area contributed by atoms with Gasteiger partial charge in [0, 0.05) is 16.9 Å². The first-order chi connectivity index (χ1) is 9.65. The van der Waals surface area contributed by atoms with Crippen LogP contribution in [-0.2, 0) is 0 Å². The minimum Gasteiger partial charge on any atom is -0.399 e. The maximum absolute atomic E-state index is 11.8. The summed E-state index contributed by atoms with van der Waals surface area (Å²) in [6.45, 7) is 0. The van der Waals surface area contributed by atoms with Gasteiger partial charge in [-0.3, -0.25) is 15.6 Å². The van der Waals surface area contributed by atoms with E-state index in [1.54, 1.807) is 24.3 Å². The van der Waals surface area contributed by atoms with Gasteiger partial charge >= 0.3 is 0 Å². The minimum absolute atomic E-state index is 0.290. The zero-order valence-corrected chi connectivity index (χ0v) is 11.4. The smallest absolute Gasteiger partial charge is 0.269 e. The molecule has 2 rings (SSSR count). The summed E-state index contributed by atoms with van der Waals surface area (Å²) in [4.78, 5) is 11.8. The van der Waals surface area contributed by atoms with Crippen LogP contribution in [0.3, 0.4) is 0 Å². The number of nitrogens with one attached hydrogen (secondary N) is 3. The predicted octanol–water partition coefficient (Wildman–Crippen LogP) is 1.90. The summed E-state index contributed by atoms with van der Waals surface area (Å²) in [5.41, 5.74) is 12.6. The molecule has 0 saturated heterocycles. The number of rotatable bonds is 2. The Morgan fingerprint density at radius 1 is 0.950 bits per heavy atom. The normalized spacial score (nSPS) is 9.60. The number of hydrazine groups is 1. The Morgan fingerprint density at radius 2 is 1.60 bits per heavy atom. The highest BCUT2D eigenvalue weighted by Crippen LogP contribution is 2.05. The van der Waals surface area contributed by atoms with Gasteiger partial charge in [0.05, 0.1) is 0 Å². The van der Waals surface area contributed by atoms with Crippen molar-refractivity contribution in [1.29, 1.82) is 0 Å². The highest BCUT2D eigenvalue weighted by atomic mass is 32.1. The van der Waals surface area contributed by atoms with E-state index in [1.165, 1.54) is 0 Å². The zero-order valence-electron chi connectivity index (χ0n) is 10.6. The molecule has 1 amide bonds. The number of hydrogen-bond donors (Lipinski definition) is 4. The van der Waals surface area contributed by atoms with E-state index in [-0.39, 0.29) is 5.91 Å². The number of carbonyl (C=O) groups is 1. The fraction of sp³-hybridized carbons (Fsp3) is 0. The van der Waals surface area contributed by atoms with Crippen molar-refractivity contribution >= 4 is 34.6 Å². The lowest BCUT2D eigenvalue weighted by atomic mass is 10.2. The second-order valence-corrected chi connectivity index (χ2v) is 4.43. The Morgan fingerprint density at radius 3 is 2.25 bits per heavy atom. The second kappa shape index (κ2) is 6.53. The maximum Gasteiger partial charge on any atom is 0.269 e. The molecule has 0 aromatic heterocycles. The van der Waals surface area contributed by atoms with Gasteiger partial charge in [0.2, 0.25) is 0 Å². The molecule has 0 saturated carbocycles. The number of nitrogens with two attached hydrogens (primary N) is 1. The van der Waals surface area contributed by atoms with Crippen LogP contribution >= 0.6 is 12.2 Å². The molecule has 5 N–H and O–H groups in total. The van der Waals surface area contributed by atoms with Crippen molar-refractivity contribution in [1.82, 2.24) is 10.9 Å². The van der Waals surface area contributed by atoms with E-state index in [9.17, 15) is 4.79 Å². The van der Waals surface area contributed by atoms with Crippen LogP contribution in [0.4, 0.5) is 11.4 Å². The molecule has 0 aliphatic carbocycles. The van der Waals surface area contributed by atoms with Crippen molar-refractivity contribution in [3.63, 3.8) is 0 Å². The predicted molar refractivity (Wildman–Crippen MR) is 84.1 cm³/mol. The summed E-state index contributed by atoms with van der Waals surface area (Å²) in [6, 6.07) is 16.0. The molecule has 0 unspecified atom stereocenters. The molecule has 0 atom stereocenters. The molecule has 102 valence electrons. The van der Waals surface area contributed by atoms with Crippen LogP contribution in [0.25, 0.3) is 0 Å². The molecule has 0 heterocycles. The fourth-order valence-corrected chi connectivity index (χ4v) is 1.67. The van der Waals surface area contributed by atoms with Gasteiger partial charge < -0.3 is 11.1 Å². The maximum atomic E-state index is 11.8. The van der Waals surface area contributed by atoms with Gasteiger partial charge in [-0.1, -0.05) is 18.2 Å². The summed E-state index contributed by atoms with van der Waals surface area (Å²) in [5, 5.41) is 3.25. The fourth-order valence-electron chi connectivity index (χ4n) is 1.50. The molecular formula is C14H14N4OS. The zero-order chi connectivity index (χ0) is 14.4. The summed E-state index contributed by atoms with van der Waals surface area (Å²) < 4.78 is 0. The number of benzene rings is 2. The Hall–Kier alpha value is -2.60. The van der Waals surface area contributed by atoms with Crippen molar-refractivity contribution in [2.24, 2.45) is 0 Å². The molecule has 0 spiro atoms. The monoisotopic (exact) mass is 286 g/mol. The van der Waals surface area contributed by atoms with Gasteiger partial charge in [-0.2, -0.15) is 0 Å². The molecule has 5 nitrogen and oxygen atoms in total. The summed E-state index contributed by atoms with van der Waals surface area (Å²) >= 11 is 5.07. The van der Waals surface area contributed by atoms with Gasteiger partial charge in [-0.25, -0.2) is 0 Å². The van der Waals surface area contributed by atoms with Gasteiger partial charge in [0.15, 0.2) is 5.11 Å². The molecule has 0 fully saturated rings. The van der Waals surface area contributed by atoms with Crippen molar-refractivity contribution in [2.75, 3.05) is 11.1 Å². The molecule has 0 bridgehead atoms. The van der Waals surface area contributed by atoms with E-state index in [0.29, 0.717) is 16.4 Å². The lowest BCUT2D eigenvalue weighted by molar-refractivity contribution is 0.0944. The van der Waals surface area contributed by atoms with E-state index >= 15 is 0 Å². The largest absolute Gasteiger partial charge is 0.399 e. The quantitative estimate of drug-likeness (QED) is 0.385. The molecule has 0 aliphatic rings. The van der Waals surface area contributed by atoms with Crippen LogP contribution in [0.1, 0.15) is 10.4 Å². The Balaban J connectivity index is 1.84. The van der Waals surface area contributed by atoms with Gasteiger partial charge in [-0.15, -0.1) is 0 Å². The summed E-state index contributed by atoms with van der Waals surface area (Å²) in [7, 11) is 0. The average molecular weight is 286 g/mol. The molecule has 2 aromatic rings. The van der Waals surface area contributed by atoms with E-state index in [2.05, 4.69) is 16.2 Å². The van der Waals surface area contributed by atoms with Crippen molar-refractivity contribution in [3.05, 3.63) is 60.2 Å². The number of thiocarbonyl (C=S) groups is 1. The van der Waals surface area contributed by atoms with Gasteiger partial charge in [0.1, 0.15) is 0 Å². The Labute approximate surface area is 122 Å². The van der Waals surface area contributed by atoms with Crippen LogP contribution < -0.4 is 21.9 Å². The molecule has 2 aromatic carbocycles. The Bertz CT molecular complexity index is 598. The molecule has 0 radical (unpaired) electrons. The minimum atomic E-state index is -0.290. The number of hydrogen-bond acceptors (Lipinski definition) is 3. The van der Waals surface area contributed by atoms with E-state index in [4.69, 9.17) is 18.0 Å². The van der Waals surface area contributed by atoms with Gasteiger partial charge in [-0.05, 0) is 48.6 Å². The van der Waals surface area contributed by atoms with Crippen LogP contribution in [0.5, 0.6) is 0 Å². The summed E-state index contributed by atoms with van der Waals surface area (Å²) in [5.74, 6) is -0.290. The van der Waals surface area contributed by atoms with Crippen molar-refractivity contribution < 1.29 is 4.79 Å². The lowest BCUT2D eigenvalue weighted by Gasteiger charge is -2.11. The number of nitrogen functional groups attached to an aromatic ring is 1. The molecule has 0 aliphatic heterocycles. The SMILES string of the molecule is Nc1ccc(C(=O)NNC(=S)Nc2ccccc2)cc1. The van der Waals surface area contributed by atoms with Crippen LogP contribution in [0, 0.1) is 0 Å². The lowest BCUT2D eigenvalue weighted by Crippen LogP contribution is -2.43. The van der Waals surface area contributed by atoms with Crippen molar-refractivity contribution in [2.45, 2.75) is 0 Å². The second-order valence-electron chi connectivity index (χ2n) is 4.02. The third-order valence-corrected chi connectivity index (χ3v) is 2.70. The number of para-hydroxylation sites is 1. The van der Waals surface area contributed by atoms with Crippen molar-refractivity contribution in [3.8, 4) is 0 Å². The first-order valence-electron chi connectivity index (χ1n) is 5.93. The number of carbonyl (C=O) groups excluding carboxylic acids is 1. The third-order valence-electron chi connectivity index (χ3n) is 2.49. The van der Waals surface area contributed by atoms with Gasteiger partial charge in [0.25, 0.3) is 5.91 Å². The Kier molecular flexibility index (Phi) is 4.52. The van der Waals surface area contributed by atoms with E-state index < -0.39 is 0 Å². The molecule has 20 heavy (non-hydrogen) atoms. The topological polar surface area (TPSA) is 79.2 Å². The standard InChI is InChI=1S/C14H14N4OS/c15-11-8-6-10(7-9-11)13(19)17-18-14(20)16-12-4-2-1-3-5-12/h1-9H,15H2,(H,17,19)(H2,16,18,20). The molecular weight excluding hydrogens is 272 g/mol.